The van der Waals surface area contributed by atoms with Gasteiger partial charge in [0, 0.05) is 5.92 Å². The first-order valence-corrected chi connectivity index (χ1v) is 14.4. The fraction of sp³-hybridized carbons (Fsp3) is 0.594. The third-order valence-electron chi connectivity index (χ3n) is 7.10. The van der Waals surface area contributed by atoms with E-state index < -0.39 is 53.1 Å². The van der Waals surface area contributed by atoms with Crippen molar-refractivity contribution >= 4 is 35.1 Å². The van der Waals surface area contributed by atoms with E-state index in [0.29, 0.717) is 23.1 Å². The van der Waals surface area contributed by atoms with Crippen LogP contribution in [0.4, 0.5) is 4.79 Å². The number of carbonyl (C=O) groups excluding carboxylic acids is 3. The molecule has 230 valence electrons. The van der Waals surface area contributed by atoms with Gasteiger partial charge in [-0.3, -0.25) is 4.79 Å². The molecular weight excluding hydrogens is 536 g/mol. The fourth-order valence-electron chi connectivity index (χ4n) is 5.23. The predicted molar refractivity (Wildman–Crippen MR) is 162 cm³/mol. The Kier molecular flexibility index (Phi) is 9.90. The number of amides is 2. The Morgan fingerprint density at radius 1 is 1.12 bits per heavy atom. The summed E-state index contributed by atoms with van der Waals surface area (Å²) in [4.78, 5) is 51.3. The number of benzene rings is 1. The normalized spacial score (nSPS) is 19.9. The molecule has 0 saturated carbocycles. The molecule has 1 fully saturated rings. The standard InChI is InChI=1S/C32H46N4O6/c1-12-21-27(34-23-16-19(4)13-14-22(23)33-21)41-24-17-36(28(37)26(31(5,6)7)35-30(39)40-11)25(20(24)15-18(2)3)29(38)42-32(8,9)10/h12-14,16,18,20,24-26H,1,15,17H2,2-11H3,(H,35,39)/t20?,24-,25-,26+/m0/s1. The highest BCUT2D eigenvalue weighted by Gasteiger charge is 2.53. The second-order valence-electron chi connectivity index (χ2n) is 13.5. The first kappa shape index (κ1) is 32.8. The number of hydrogen-bond donors (Lipinski definition) is 1. The van der Waals surface area contributed by atoms with Gasteiger partial charge >= 0.3 is 12.1 Å². The monoisotopic (exact) mass is 582 g/mol. The summed E-state index contributed by atoms with van der Waals surface area (Å²) in [5.41, 5.74) is 1.40. The summed E-state index contributed by atoms with van der Waals surface area (Å²) in [5, 5.41) is 2.67. The van der Waals surface area contributed by atoms with E-state index in [-0.39, 0.29) is 18.3 Å². The van der Waals surface area contributed by atoms with Crippen molar-refractivity contribution in [1.29, 1.82) is 0 Å². The quantitative estimate of drug-likeness (QED) is 0.416. The Morgan fingerprint density at radius 3 is 2.33 bits per heavy atom. The summed E-state index contributed by atoms with van der Waals surface area (Å²) in [7, 11) is 1.24. The summed E-state index contributed by atoms with van der Waals surface area (Å²) in [6, 6.07) is 3.86. The number of hydrogen-bond acceptors (Lipinski definition) is 8. The van der Waals surface area contributed by atoms with E-state index in [1.165, 1.54) is 12.0 Å². The summed E-state index contributed by atoms with van der Waals surface area (Å²) in [5.74, 6) is -0.915. The van der Waals surface area contributed by atoms with Crippen LogP contribution in [0.25, 0.3) is 17.1 Å². The zero-order chi connectivity index (χ0) is 31.6. The Balaban J connectivity index is 2.12. The largest absolute Gasteiger partial charge is 0.471 e. The minimum absolute atomic E-state index is 0.0830. The van der Waals surface area contributed by atoms with Crippen LogP contribution in [0, 0.1) is 24.2 Å². The first-order chi connectivity index (χ1) is 19.4. The van der Waals surface area contributed by atoms with Gasteiger partial charge in [-0.1, -0.05) is 47.3 Å². The van der Waals surface area contributed by atoms with Gasteiger partial charge in [-0.2, -0.15) is 0 Å². The zero-order valence-corrected chi connectivity index (χ0v) is 26.6. The lowest BCUT2D eigenvalue weighted by atomic mass is 9.85. The van der Waals surface area contributed by atoms with Gasteiger partial charge in [0.25, 0.3) is 0 Å². The number of nitrogens with zero attached hydrogens (tertiary/aromatic N) is 3. The minimum Gasteiger partial charge on any atom is -0.471 e. The maximum absolute atomic E-state index is 14.2. The van der Waals surface area contributed by atoms with Gasteiger partial charge in [0.1, 0.15) is 29.5 Å². The average Bonchev–Trinajstić information content (AvgIpc) is 3.21. The van der Waals surface area contributed by atoms with E-state index in [1.54, 1.807) is 26.8 Å². The third kappa shape index (κ3) is 7.77. The summed E-state index contributed by atoms with van der Waals surface area (Å²) >= 11 is 0. The van der Waals surface area contributed by atoms with E-state index in [4.69, 9.17) is 19.2 Å². The van der Waals surface area contributed by atoms with E-state index >= 15 is 0 Å². The molecule has 4 atom stereocenters. The second-order valence-corrected chi connectivity index (χ2v) is 13.5. The number of ether oxygens (including phenoxy) is 3. The number of carbonyl (C=O) groups is 3. The van der Waals surface area contributed by atoms with Crippen LogP contribution in [-0.4, -0.2) is 70.3 Å². The molecule has 10 heteroatoms. The molecule has 1 aromatic carbocycles. The number of methoxy groups -OCH3 is 1. The number of nitrogens with one attached hydrogen (secondary N) is 1. The topological polar surface area (TPSA) is 120 Å². The molecule has 2 amide bonds. The molecule has 0 radical (unpaired) electrons. The molecule has 2 aromatic rings. The molecule has 1 saturated heterocycles. The molecule has 10 nitrogen and oxygen atoms in total. The molecule has 0 aliphatic carbocycles. The number of fused-ring (bicyclic) bond motifs is 1. The van der Waals surface area contributed by atoms with Gasteiger partial charge in [0.15, 0.2) is 0 Å². The highest BCUT2D eigenvalue weighted by molar-refractivity contribution is 5.91. The summed E-state index contributed by atoms with van der Waals surface area (Å²) < 4.78 is 17.2. The first-order valence-electron chi connectivity index (χ1n) is 14.4. The van der Waals surface area contributed by atoms with Crippen LogP contribution in [0.3, 0.4) is 0 Å². The lowest BCUT2D eigenvalue weighted by Crippen LogP contribution is -2.57. The van der Waals surface area contributed by atoms with Crippen molar-refractivity contribution in [2.24, 2.45) is 17.3 Å². The van der Waals surface area contributed by atoms with Crippen LogP contribution >= 0.6 is 0 Å². The average molecular weight is 583 g/mol. The molecular formula is C32H46N4O6. The number of aromatic nitrogens is 2. The molecule has 2 heterocycles. The van der Waals surface area contributed by atoms with Crippen LogP contribution in [0.2, 0.25) is 0 Å². The van der Waals surface area contributed by atoms with Crippen molar-refractivity contribution in [2.75, 3.05) is 13.7 Å². The third-order valence-corrected chi connectivity index (χ3v) is 7.10. The van der Waals surface area contributed by atoms with E-state index in [1.807, 2.05) is 45.9 Å². The van der Waals surface area contributed by atoms with Gasteiger partial charge in [-0.05, 0) is 69.2 Å². The van der Waals surface area contributed by atoms with Crippen LogP contribution in [0.15, 0.2) is 24.8 Å². The molecule has 42 heavy (non-hydrogen) atoms. The molecule has 1 aromatic heterocycles. The molecule has 1 unspecified atom stereocenters. The number of likely N-dealkylation sites (tertiary alicyclic amines) is 1. The van der Waals surface area contributed by atoms with E-state index in [9.17, 15) is 14.4 Å². The van der Waals surface area contributed by atoms with Crippen LogP contribution in [0.5, 0.6) is 5.88 Å². The summed E-state index contributed by atoms with van der Waals surface area (Å²) in [6.07, 6.45) is 0.813. The maximum atomic E-state index is 14.2. The molecule has 1 aliphatic heterocycles. The van der Waals surface area contributed by atoms with Crippen LogP contribution in [-0.2, 0) is 19.1 Å². The minimum atomic E-state index is -0.972. The highest BCUT2D eigenvalue weighted by Crippen LogP contribution is 2.37. The Morgan fingerprint density at radius 2 is 1.79 bits per heavy atom. The lowest BCUT2D eigenvalue weighted by molar-refractivity contribution is -0.165. The van der Waals surface area contributed by atoms with Crippen molar-refractivity contribution < 1.29 is 28.6 Å². The maximum Gasteiger partial charge on any atom is 0.407 e. The number of alkyl carbamates (subject to hydrolysis) is 1. The van der Waals surface area contributed by atoms with Crippen molar-refractivity contribution in [2.45, 2.75) is 92.5 Å². The Bertz CT molecular complexity index is 1330. The van der Waals surface area contributed by atoms with Crippen LogP contribution in [0.1, 0.15) is 73.1 Å². The zero-order valence-electron chi connectivity index (χ0n) is 26.6. The molecule has 1 N–H and O–H groups in total. The number of esters is 1. The van der Waals surface area contributed by atoms with Crippen molar-refractivity contribution in [3.63, 3.8) is 0 Å². The van der Waals surface area contributed by atoms with Crippen molar-refractivity contribution in [3.8, 4) is 5.88 Å². The fourth-order valence-corrected chi connectivity index (χ4v) is 5.23. The van der Waals surface area contributed by atoms with Gasteiger partial charge in [0.2, 0.25) is 11.8 Å². The van der Waals surface area contributed by atoms with E-state index in [0.717, 1.165) is 5.56 Å². The van der Waals surface area contributed by atoms with Gasteiger partial charge in [-0.15, -0.1) is 0 Å². The number of rotatable bonds is 8. The number of aryl methyl sites for hydroxylation is 1. The molecule has 0 bridgehead atoms. The smallest absolute Gasteiger partial charge is 0.407 e. The van der Waals surface area contributed by atoms with Gasteiger partial charge < -0.3 is 24.4 Å². The molecule has 1 aliphatic rings. The molecule has 3 rings (SSSR count). The summed E-state index contributed by atoms with van der Waals surface area (Å²) in [6.45, 7) is 20.9. The Labute approximate surface area is 249 Å². The second kappa shape index (κ2) is 12.7. The SMILES string of the molecule is C=Cc1nc2ccc(C)cc2nc1O[C@H]1CN(C(=O)[C@@H](NC(=O)OC)C(C)(C)C)[C@H](C(=O)OC(C)(C)C)C1CC(C)C. The van der Waals surface area contributed by atoms with Gasteiger partial charge in [-0.25, -0.2) is 19.6 Å². The Hall–Kier alpha value is -3.69. The highest BCUT2D eigenvalue weighted by atomic mass is 16.6. The van der Waals surface area contributed by atoms with Crippen molar-refractivity contribution in [3.05, 3.63) is 36.0 Å². The van der Waals surface area contributed by atoms with Crippen molar-refractivity contribution in [1.82, 2.24) is 20.2 Å². The van der Waals surface area contributed by atoms with Crippen LogP contribution < -0.4 is 10.1 Å². The molecule has 0 spiro atoms. The van der Waals surface area contributed by atoms with E-state index in [2.05, 4.69) is 30.7 Å². The van der Waals surface area contributed by atoms with Gasteiger partial charge in [0.05, 0.1) is 24.7 Å². The lowest BCUT2D eigenvalue weighted by Gasteiger charge is -2.36. The predicted octanol–water partition coefficient (Wildman–Crippen LogP) is 5.31.